The molecule has 3 aliphatic carbocycles. The Morgan fingerprint density at radius 3 is 2.25 bits per heavy atom. The van der Waals surface area contributed by atoms with Gasteiger partial charge in [-0.1, -0.05) is 37.8 Å². The van der Waals surface area contributed by atoms with Crippen LogP contribution in [0.4, 0.5) is 0 Å². The molecule has 0 aromatic rings. The van der Waals surface area contributed by atoms with Gasteiger partial charge >= 0.3 is 0 Å². The first kappa shape index (κ1) is 11.4. The third-order valence-corrected chi connectivity index (χ3v) is 4.34. The summed E-state index contributed by atoms with van der Waals surface area (Å²) >= 11 is 0. The van der Waals surface area contributed by atoms with Crippen molar-refractivity contribution in [1.82, 2.24) is 0 Å². The summed E-state index contributed by atoms with van der Waals surface area (Å²) in [5, 5.41) is 13.6. The average molecular weight is 225 g/mol. The van der Waals surface area contributed by atoms with Crippen LogP contribution in [0.5, 0.6) is 0 Å². The molecular formula is C12H19NO3. The predicted octanol–water partition coefficient (Wildman–Crippen LogP) is 3.04. The van der Waals surface area contributed by atoms with E-state index in [2.05, 4.69) is 12.2 Å². The second kappa shape index (κ2) is 4.85. The first-order valence-corrected chi connectivity index (χ1v) is 6.18. The molecule has 3 rings (SSSR count). The van der Waals surface area contributed by atoms with Crippen LogP contribution in [-0.2, 0) is 0 Å². The van der Waals surface area contributed by atoms with Crippen molar-refractivity contribution < 1.29 is 10.3 Å². The number of hydrogen-bond donors (Lipinski definition) is 1. The Kier molecular flexibility index (Phi) is 3.46. The Labute approximate surface area is 95.5 Å². The van der Waals surface area contributed by atoms with E-state index < -0.39 is 5.09 Å². The molecule has 3 unspecified atom stereocenters. The molecule has 0 aliphatic heterocycles. The molecule has 3 atom stereocenters. The van der Waals surface area contributed by atoms with E-state index >= 15 is 0 Å². The highest BCUT2D eigenvalue weighted by Crippen LogP contribution is 2.50. The van der Waals surface area contributed by atoms with E-state index in [-0.39, 0.29) is 0 Å². The predicted molar refractivity (Wildman–Crippen MR) is 59.6 cm³/mol. The Bertz CT molecular complexity index is 280. The Morgan fingerprint density at radius 1 is 1.19 bits per heavy atom. The second-order valence-electron chi connectivity index (χ2n) is 5.23. The van der Waals surface area contributed by atoms with Gasteiger partial charge in [-0.15, -0.1) is 10.1 Å². The molecule has 4 heteroatoms. The van der Waals surface area contributed by atoms with Crippen LogP contribution in [0.25, 0.3) is 0 Å². The second-order valence-corrected chi connectivity index (χ2v) is 5.23. The van der Waals surface area contributed by atoms with Crippen LogP contribution in [0, 0.1) is 33.8 Å². The highest BCUT2D eigenvalue weighted by atomic mass is 16.9. The molecule has 16 heavy (non-hydrogen) atoms. The molecule has 0 amide bonds. The molecule has 2 fully saturated rings. The zero-order chi connectivity index (χ0) is 11.5. The van der Waals surface area contributed by atoms with Gasteiger partial charge < -0.3 is 5.21 Å². The molecule has 4 nitrogen and oxygen atoms in total. The number of nitrogens with zero attached hydrogens (tertiary/aromatic N) is 1. The average Bonchev–Trinajstić information content (AvgIpc) is 2.94. The summed E-state index contributed by atoms with van der Waals surface area (Å²) in [7, 11) is 0. The van der Waals surface area contributed by atoms with Crippen LogP contribution in [-0.4, -0.2) is 10.3 Å². The fourth-order valence-electron chi connectivity index (χ4n) is 3.75. The van der Waals surface area contributed by atoms with Crippen LogP contribution >= 0.6 is 0 Å². The SMILES string of the molecule is C1=CC2CC1CC2C1CCCC1.O=[N+]([O-])O. The molecular weight excluding hydrogens is 206 g/mol. The minimum absolute atomic E-state index is 0.987. The van der Waals surface area contributed by atoms with Gasteiger partial charge in [0.05, 0.1) is 0 Å². The Morgan fingerprint density at radius 2 is 1.81 bits per heavy atom. The van der Waals surface area contributed by atoms with Crippen LogP contribution < -0.4 is 0 Å². The highest BCUT2D eigenvalue weighted by Gasteiger charge is 2.40. The molecule has 0 saturated heterocycles. The zero-order valence-corrected chi connectivity index (χ0v) is 9.42. The topological polar surface area (TPSA) is 63.4 Å². The molecule has 0 radical (unpaired) electrons. The minimum atomic E-state index is -1.50. The lowest BCUT2D eigenvalue weighted by Crippen LogP contribution is -2.16. The maximum atomic E-state index is 8.36. The lowest BCUT2D eigenvalue weighted by Gasteiger charge is -2.24. The minimum Gasteiger partial charge on any atom is -0.328 e. The van der Waals surface area contributed by atoms with Crippen LogP contribution in [0.3, 0.4) is 0 Å². The van der Waals surface area contributed by atoms with Gasteiger partial charge in [-0.3, -0.25) is 0 Å². The van der Waals surface area contributed by atoms with E-state index in [1.807, 2.05) is 0 Å². The summed E-state index contributed by atoms with van der Waals surface area (Å²) in [4.78, 5) is 8.36. The largest absolute Gasteiger partial charge is 0.328 e. The fourth-order valence-corrected chi connectivity index (χ4v) is 3.75. The van der Waals surface area contributed by atoms with E-state index in [9.17, 15) is 0 Å². The van der Waals surface area contributed by atoms with Gasteiger partial charge in [0, 0.05) is 0 Å². The van der Waals surface area contributed by atoms with Gasteiger partial charge in [0.15, 0.2) is 0 Å². The summed E-state index contributed by atoms with van der Waals surface area (Å²) in [6.07, 6.45) is 14.1. The van der Waals surface area contributed by atoms with E-state index in [4.69, 9.17) is 15.3 Å². The van der Waals surface area contributed by atoms with Crippen molar-refractivity contribution in [3.8, 4) is 0 Å². The molecule has 90 valence electrons. The monoisotopic (exact) mass is 225 g/mol. The number of rotatable bonds is 1. The molecule has 0 spiro atoms. The summed E-state index contributed by atoms with van der Waals surface area (Å²) < 4.78 is 0. The van der Waals surface area contributed by atoms with Gasteiger partial charge in [-0.2, -0.15) is 0 Å². The van der Waals surface area contributed by atoms with Crippen molar-refractivity contribution >= 4 is 0 Å². The Balaban J connectivity index is 0.000000212. The fraction of sp³-hybridized carbons (Fsp3) is 0.833. The lowest BCUT2D eigenvalue weighted by atomic mass is 9.81. The van der Waals surface area contributed by atoms with E-state index in [1.54, 1.807) is 12.8 Å². The van der Waals surface area contributed by atoms with Crippen molar-refractivity contribution in [3.05, 3.63) is 22.3 Å². The van der Waals surface area contributed by atoms with E-state index in [0.717, 1.165) is 23.7 Å². The van der Waals surface area contributed by atoms with Gasteiger partial charge in [-0.05, 0) is 36.5 Å². The third kappa shape index (κ3) is 2.54. The van der Waals surface area contributed by atoms with Crippen molar-refractivity contribution in [2.45, 2.75) is 38.5 Å². The van der Waals surface area contributed by atoms with Crippen LogP contribution in [0.1, 0.15) is 38.5 Å². The van der Waals surface area contributed by atoms with Crippen LogP contribution in [0.15, 0.2) is 12.2 Å². The zero-order valence-electron chi connectivity index (χ0n) is 9.42. The maximum Gasteiger partial charge on any atom is 0.291 e. The van der Waals surface area contributed by atoms with Crippen molar-refractivity contribution in [2.24, 2.45) is 23.7 Å². The van der Waals surface area contributed by atoms with Gasteiger partial charge in [-0.25, -0.2) is 0 Å². The normalized spacial score (nSPS) is 36.1. The Hall–Kier alpha value is -1.06. The van der Waals surface area contributed by atoms with Gasteiger partial charge in [0.25, 0.3) is 5.09 Å². The van der Waals surface area contributed by atoms with Crippen molar-refractivity contribution in [2.75, 3.05) is 0 Å². The smallest absolute Gasteiger partial charge is 0.291 e. The molecule has 3 aliphatic rings. The molecule has 0 heterocycles. The lowest BCUT2D eigenvalue weighted by molar-refractivity contribution is -0.742. The summed E-state index contributed by atoms with van der Waals surface area (Å²) in [5.74, 6) is 4.20. The highest BCUT2D eigenvalue weighted by molar-refractivity contribution is 5.11. The van der Waals surface area contributed by atoms with Gasteiger partial charge in [0.1, 0.15) is 0 Å². The van der Waals surface area contributed by atoms with Gasteiger partial charge in [0.2, 0.25) is 0 Å². The third-order valence-electron chi connectivity index (χ3n) is 4.34. The number of fused-ring (bicyclic) bond motifs is 2. The summed E-state index contributed by atoms with van der Waals surface area (Å²) in [6.45, 7) is 0. The molecule has 0 aromatic heterocycles. The first-order chi connectivity index (χ1) is 7.66. The van der Waals surface area contributed by atoms with Crippen LogP contribution in [0.2, 0.25) is 0 Å². The maximum absolute atomic E-state index is 8.36. The van der Waals surface area contributed by atoms with E-state index in [1.165, 1.54) is 25.7 Å². The summed E-state index contributed by atoms with van der Waals surface area (Å²) in [6, 6.07) is 0. The molecule has 1 N–H and O–H groups in total. The van der Waals surface area contributed by atoms with Crippen molar-refractivity contribution in [3.63, 3.8) is 0 Å². The number of allylic oxidation sites excluding steroid dienone is 2. The van der Waals surface area contributed by atoms with Crippen molar-refractivity contribution in [1.29, 1.82) is 0 Å². The standard InChI is InChI=1S/C12H18.HNO3/c1-2-4-10(3-1)12-8-9-5-6-11(12)7-9;2-1(3)4/h5-6,9-12H,1-4,7-8H2;(H,2,3,4). The summed E-state index contributed by atoms with van der Waals surface area (Å²) in [5.41, 5.74) is 0. The quantitative estimate of drug-likeness (QED) is 0.424. The molecule has 2 bridgehead atoms. The number of hydrogen-bond acceptors (Lipinski definition) is 2. The first-order valence-electron chi connectivity index (χ1n) is 6.18. The molecule has 2 saturated carbocycles. The molecule has 0 aromatic carbocycles. The van der Waals surface area contributed by atoms with E-state index in [0.29, 0.717) is 0 Å².